The number of piperidine rings is 1. The number of carbonyl (C=O) groups excluding carboxylic acids is 3. The fourth-order valence-electron chi connectivity index (χ4n) is 3.31. The van der Waals surface area contributed by atoms with Crippen molar-refractivity contribution in [2.45, 2.75) is 31.7 Å². The van der Waals surface area contributed by atoms with Crippen LogP contribution in [0.15, 0.2) is 24.3 Å². The molecule has 0 bridgehead atoms. The van der Waals surface area contributed by atoms with E-state index in [-0.39, 0.29) is 29.7 Å². The highest BCUT2D eigenvalue weighted by Gasteiger charge is 2.29. The second-order valence-corrected chi connectivity index (χ2v) is 7.07. The highest BCUT2D eigenvalue weighted by atomic mass is 16.5. The van der Waals surface area contributed by atoms with Gasteiger partial charge >= 0.3 is 5.97 Å². The average Bonchev–Trinajstić information content (AvgIpc) is 3.46. The van der Waals surface area contributed by atoms with Crippen molar-refractivity contribution >= 4 is 23.5 Å². The van der Waals surface area contributed by atoms with Gasteiger partial charge < -0.3 is 20.3 Å². The molecule has 2 fully saturated rings. The Morgan fingerprint density at radius 1 is 1.12 bits per heavy atom. The Morgan fingerprint density at radius 2 is 1.81 bits per heavy atom. The smallest absolute Gasteiger partial charge is 0.309 e. The highest BCUT2D eigenvalue weighted by molar-refractivity contribution is 6.04. The molecule has 2 amide bonds. The van der Waals surface area contributed by atoms with Gasteiger partial charge in [0.2, 0.25) is 0 Å². The number of benzene rings is 1. The van der Waals surface area contributed by atoms with E-state index in [0.29, 0.717) is 17.8 Å². The summed E-state index contributed by atoms with van der Waals surface area (Å²) in [5.41, 5.74) is 1.03. The molecule has 2 aliphatic rings. The third kappa shape index (κ3) is 4.82. The number of hydrogen-bond donors (Lipinski definition) is 3. The van der Waals surface area contributed by atoms with Crippen LogP contribution >= 0.6 is 0 Å². The first kappa shape index (κ1) is 18.4. The lowest BCUT2D eigenvalue weighted by Gasteiger charge is -2.27. The molecule has 0 atom stereocenters. The van der Waals surface area contributed by atoms with E-state index in [1.807, 2.05) is 0 Å². The third-order valence-corrected chi connectivity index (χ3v) is 5.00. The summed E-state index contributed by atoms with van der Waals surface area (Å²) in [5.74, 6) is -0.486. The maximum atomic E-state index is 12.4. The summed E-state index contributed by atoms with van der Waals surface area (Å²) in [6.07, 6.45) is 3.50. The monoisotopic (exact) mass is 360 g/mol. The summed E-state index contributed by atoms with van der Waals surface area (Å²) >= 11 is 0. The van der Waals surface area contributed by atoms with Crippen molar-refractivity contribution in [3.8, 4) is 0 Å². The van der Waals surface area contributed by atoms with Gasteiger partial charge in [-0.25, -0.2) is 0 Å². The van der Waals surface area contributed by atoms with E-state index in [0.717, 1.165) is 43.7 Å². The normalized spacial score (nSPS) is 22.3. The zero-order chi connectivity index (χ0) is 18.5. The minimum atomic E-state index is -0.163. The van der Waals surface area contributed by atoms with Gasteiger partial charge in [0.1, 0.15) is 0 Å². The van der Waals surface area contributed by atoms with Crippen LogP contribution in [0.1, 0.15) is 36.0 Å². The van der Waals surface area contributed by atoms with Crippen molar-refractivity contribution < 1.29 is 24.0 Å². The second-order valence-electron chi connectivity index (χ2n) is 7.07. The predicted octanol–water partition coefficient (Wildman–Crippen LogP) is -0.0148. The number of quaternary nitrogens is 1. The number of para-hydroxylation sites is 1. The predicted molar refractivity (Wildman–Crippen MR) is 95.9 cm³/mol. The van der Waals surface area contributed by atoms with Crippen LogP contribution in [0.5, 0.6) is 0 Å². The molecule has 7 heteroatoms. The van der Waals surface area contributed by atoms with E-state index in [4.69, 9.17) is 4.74 Å². The Bertz CT molecular complexity index is 679. The van der Waals surface area contributed by atoms with E-state index >= 15 is 0 Å². The molecule has 1 saturated carbocycles. The van der Waals surface area contributed by atoms with Crippen LogP contribution in [-0.2, 0) is 14.3 Å². The van der Waals surface area contributed by atoms with Gasteiger partial charge in [0, 0.05) is 18.9 Å². The fraction of sp³-hybridized carbons (Fsp3) is 0.526. The first-order valence-electron chi connectivity index (χ1n) is 9.18. The van der Waals surface area contributed by atoms with Gasteiger partial charge in [-0.05, 0) is 25.0 Å². The summed E-state index contributed by atoms with van der Waals surface area (Å²) in [4.78, 5) is 37.4. The van der Waals surface area contributed by atoms with Crippen molar-refractivity contribution in [3.05, 3.63) is 29.8 Å². The van der Waals surface area contributed by atoms with E-state index in [1.54, 1.807) is 24.3 Å². The highest BCUT2D eigenvalue weighted by Crippen LogP contribution is 2.21. The lowest BCUT2D eigenvalue weighted by atomic mass is 9.97. The maximum Gasteiger partial charge on any atom is 0.309 e. The number of anilines is 1. The van der Waals surface area contributed by atoms with Crippen molar-refractivity contribution in [2.24, 2.45) is 5.92 Å². The van der Waals surface area contributed by atoms with E-state index in [2.05, 4.69) is 10.6 Å². The fourth-order valence-corrected chi connectivity index (χ4v) is 3.31. The molecule has 0 unspecified atom stereocenters. The first-order valence-corrected chi connectivity index (χ1v) is 9.18. The topological polar surface area (TPSA) is 88.9 Å². The molecule has 0 spiro atoms. The Balaban J connectivity index is 1.52. The van der Waals surface area contributed by atoms with Crippen molar-refractivity contribution in [1.29, 1.82) is 0 Å². The summed E-state index contributed by atoms with van der Waals surface area (Å²) in [6.45, 7) is 1.85. The minimum Gasteiger partial charge on any atom is -0.469 e. The zero-order valence-electron chi connectivity index (χ0n) is 15.0. The van der Waals surface area contributed by atoms with Crippen LogP contribution in [0.4, 0.5) is 5.69 Å². The summed E-state index contributed by atoms with van der Waals surface area (Å²) in [6, 6.07) is 7.34. The van der Waals surface area contributed by atoms with Crippen LogP contribution in [-0.4, -0.2) is 50.6 Å². The molecule has 3 N–H and O–H groups in total. The van der Waals surface area contributed by atoms with Gasteiger partial charge in [0.05, 0.1) is 37.4 Å². The molecule has 3 rings (SSSR count). The molecule has 1 saturated heterocycles. The number of methoxy groups -OCH3 is 1. The molecule has 1 aromatic carbocycles. The lowest BCUT2D eigenvalue weighted by Crippen LogP contribution is -3.14. The largest absolute Gasteiger partial charge is 0.469 e. The van der Waals surface area contributed by atoms with Gasteiger partial charge in [0.15, 0.2) is 6.54 Å². The molecule has 7 nitrogen and oxygen atoms in total. The number of esters is 1. The molecule has 1 aliphatic carbocycles. The molecule has 0 radical (unpaired) electrons. The number of nitrogens with one attached hydrogen (secondary N) is 3. The average molecular weight is 360 g/mol. The summed E-state index contributed by atoms with van der Waals surface area (Å²) < 4.78 is 4.79. The van der Waals surface area contributed by atoms with Gasteiger partial charge in [-0.3, -0.25) is 14.4 Å². The number of amides is 2. The van der Waals surface area contributed by atoms with E-state index in [9.17, 15) is 14.4 Å². The zero-order valence-corrected chi connectivity index (χ0v) is 15.0. The van der Waals surface area contributed by atoms with Crippen LogP contribution in [0.3, 0.4) is 0 Å². The number of carbonyl (C=O) groups is 3. The molecule has 0 aromatic heterocycles. The Morgan fingerprint density at radius 3 is 2.46 bits per heavy atom. The lowest BCUT2D eigenvalue weighted by molar-refractivity contribution is -0.897. The quantitative estimate of drug-likeness (QED) is 0.623. The number of rotatable bonds is 6. The van der Waals surface area contributed by atoms with E-state index in [1.165, 1.54) is 7.11 Å². The maximum absolute atomic E-state index is 12.4. The number of hydrogen-bond acceptors (Lipinski definition) is 4. The summed E-state index contributed by atoms with van der Waals surface area (Å²) in [5, 5.41) is 5.81. The Labute approximate surface area is 153 Å². The SMILES string of the molecule is COC(=O)C1CC[NH+](CC(=O)Nc2ccccc2C(=O)NC2CC2)CC1. The Hall–Kier alpha value is -2.41. The first-order chi connectivity index (χ1) is 12.6. The molecule has 140 valence electrons. The van der Waals surface area contributed by atoms with Crippen molar-refractivity contribution in [1.82, 2.24) is 5.32 Å². The second kappa shape index (κ2) is 8.31. The van der Waals surface area contributed by atoms with Crippen LogP contribution in [0, 0.1) is 5.92 Å². The minimum absolute atomic E-state index is 0.0568. The van der Waals surface area contributed by atoms with Crippen molar-refractivity contribution in [3.63, 3.8) is 0 Å². The molecule has 1 heterocycles. The molecule has 1 aliphatic heterocycles. The summed E-state index contributed by atoms with van der Waals surface area (Å²) in [7, 11) is 1.41. The third-order valence-electron chi connectivity index (χ3n) is 5.00. The van der Waals surface area contributed by atoms with Gasteiger partial charge in [0.25, 0.3) is 11.8 Å². The van der Waals surface area contributed by atoms with Crippen molar-refractivity contribution in [2.75, 3.05) is 32.1 Å². The number of likely N-dealkylation sites (tertiary alicyclic amines) is 1. The molecule has 1 aromatic rings. The van der Waals surface area contributed by atoms with E-state index < -0.39 is 0 Å². The molecule has 26 heavy (non-hydrogen) atoms. The van der Waals surface area contributed by atoms with Crippen LogP contribution < -0.4 is 15.5 Å². The van der Waals surface area contributed by atoms with Gasteiger partial charge in [-0.15, -0.1) is 0 Å². The Kier molecular flexibility index (Phi) is 5.88. The van der Waals surface area contributed by atoms with Gasteiger partial charge in [-0.2, -0.15) is 0 Å². The van der Waals surface area contributed by atoms with Crippen LogP contribution in [0.25, 0.3) is 0 Å². The van der Waals surface area contributed by atoms with Crippen LogP contribution in [0.2, 0.25) is 0 Å². The molecular weight excluding hydrogens is 334 g/mol. The molecular formula is C19H26N3O4+. The van der Waals surface area contributed by atoms with Gasteiger partial charge in [-0.1, -0.05) is 12.1 Å². The number of ether oxygens (including phenoxy) is 1. The standard InChI is InChI=1S/C19H25N3O4/c1-26-19(25)13-8-10-22(11-9-13)12-17(23)21-16-5-3-2-4-15(16)18(24)20-14-6-7-14/h2-5,13-14H,6-12H2,1H3,(H,20,24)(H,21,23)/p+1.